The Bertz CT molecular complexity index is 396. The third-order valence-electron chi connectivity index (χ3n) is 3.60. The smallest absolute Gasteiger partial charge is 0.116 e. The normalized spacial score (nSPS) is 35.3. The predicted octanol–water partition coefficient (Wildman–Crippen LogP) is -0.189. The van der Waals surface area contributed by atoms with Crippen molar-refractivity contribution in [2.45, 2.75) is 43.4 Å². The van der Waals surface area contributed by atoms with Crippen molar-refractivity contribution in [3.05, 3.63) is 35.9 Å². The van der Waals surface area contributed by atoms with E-state index in [1.165, 1.54) is 0 Å². The molecular weight excluding hydrogens is 248 g/mol. The Labute approximate surface area is 112 Å². The molecular formula is C14H20O5. The fraction of sp³-hybridized carbons (Fsp3) is 0.571. The first-order valence-corrected chi connectivity index (χ1v) is 6.41. The van der Waals surface area contributed by atoms with Crippen LogP contribution < -0.4 is 0 Å². The Morgan fingerprint density at radius 2 is 1.84 bits per heavy atom. The van der Waals surface area contributed by atoms with Crippen molar-refractivity contribution in [2.24, 2.45) is 0 Å². The van der Waals surface area contributed by atoms with Crippen LogP contribution in [0.3, 0.4) is 0 Å². The molecule has 0 spiro atoms. The Morgan fingerprint density at radius 1 is 1.16 bits per heavy atom. The van der Waals surface area contributed by atoms with Gasteiger partial charge in [0.1, 0.15) is 17.8 Å². The van der Waals surface area contributed by atoms with Crippen LogP contribution in [-0.4, -0.2) is 50.9 Å². The highest BCUT2D eigenvalue weighted by Crippen LogP contribution is 2.29. The van der Waals surface area contributed by atoms with Crippen LogP contribution in [0.5, 0.6) is 0 Å². The van der Waals surface area contributed by atoms with Crippen molar-refractivity contribution in [3.8, 4) is 0 Å². The lowest BCUT2D eigenvalue weighted by Crippen LogP contribution is -2.59. The molecule has 0 amide bonds. The third-order valence-corrected chi connectivity index (χ3v) is 3.60. The molecule has 5 heteroatoms. The molecule has 106 valence electrons. The van der Waals surface area contributed by atoms with Gasteiger partial charge in [-0.25, -0.2) is 0 Å². The Balaban J connectivity index is 1.88. The molecule has 19 heavy (non-hydrogen) atoms. The fourth-order valence-corrected chi connectivity index (χ4v) is 2.32. The summed E-state index contributed by atoms with van der Waals surface area (Å²) in [5, 5.41) is 39.1. The maximum Gasteiger partial charge on any atom is 0.116 e. The van der Waals surface area contributed by atoms with E-state index in [2.05, 4.69) is 0 Å². The van der Waals surface area contributed by atoms with Crippen LogP contribution in [0.25, 0.3) is 0 Å². The molecule has 0 saturated heterocycles. The molecule has 1 aliphatic carbocycles. The molecule has 1 fully saturated rings. The van der Waals surface area contributed by atoms with E-state index in [-0.39, 0.29) is 19.4 Å². The quantitative estimate of drug-likeness (QED) is 0.608. The van der Waals surface area contributed by atoms with Crippen LogP contribution in [0.1, 0.15) is 18.4 Å². The van der Waals surface area contributed by atoms with Gasteiger partial charge in [-0.2, -0.15) is 0 Å². The lowest BCUT2D eigenvalue weighted by molar-refractivity contribution is -0.205. The van der Waals surface area contributed by atoms with Gasteiger partial charge in [-0.1, -0.05) is 30.3 Å². The van der Waals surface area contributed by atoms with Gasteiger partial charge in [0.2, 0.25) is 0 Å². The Hall–Kier alpha value is -0.980. The number of rotatable bonds is 4. The molecule has 4 atom stereocenters. The molecule has 0 radical (unpaired) electrons. The summed E-state index contributed by atoms with van der Waals surface area (Å²) in [6.07, 6.45) is -3.29. The predicted molar refractivity (Wildman–Crippen MR) is 68.3 cm³/mol. The van der Waals surface area contributed by atoms with Crippen LogP contribution in [0.2, 0.25) is 0 Å². The van der Waals surface area contributed by atoms with Crippen molar-refractivity contribution in [1.82, 2.24) is 0 Å². The van der Waals surface area contributed by atoms with Gasteiger partial charge in [0.05, 0.1) is 19.3 Å². The molecule has 0 bridgehead atoms. The average molecular weight is 268 g/mol. The van der Waals surface area contributed by atoms with E-state index in [1.54, 1.807) is 0 Å². The van der Waals surface area contributed by atoms with Crippen LogP contribution in [0, 0.1) is 0 Å². The van der Waals surface area contributed by atoms with Crippen LogP contribution in [0.4, 0.5) is 0 Å². The monoisotopic (exact) mass is 268 g/mol. The second-order valence-corrected chi connectivity index (χ2v) is 5.12. The lowest BCUT2D eigenvalue weighted by Gasteiger charge is -2.41. The first-order valence-electron chi connectivity index (χ1n) is 6.41. The Morgan fingerprint density at radius 3 is 2.53 bits per heavy atom. The van der Waals surface area contributed by atoms with Crippen LogP contribution in [-0.2, 0) is 11.3 Å². The zero-order chi connectivity index (χ0) is 13.9. The minimum atomic E-state index is -1.51. The molecule has 5 nitrogen and oxygen atoms in total. The number of aliphatic hydroxyl groups is 4. The highest BCUT2D eigenvalue weighted by atomic mass is 16.5. The van der Waals surface area contributed by atoms with Gasteiger partial charge in [-0.15, -0.1) is 0 Å². The molecule has 0 aliphatic heterocycles. The van der Waals surface area contributed by atoms with Crippen LogP contribution in [0.15, 0.2) is 30.3 Å². The molecule has 0 aromatic heterocycles. The summed E-state index contributed by atoms with van der Waals surface area (Å²) >= 11 is 0. The van der Waals surface area contributed by atoms with Crippen LogP contribution >= 0.6 is 0 Å². The van der Waals surface area contributed by atoms with Gasteiger partial charge in [0.25, 0.3) is 0 Å². The van der Waals surface area contributed by atoms with Gasteiger partial charge in [-0.3, -0.25) is 0 Å². The van der Waals surface area contributed by atoms with Gasteiger partial charge in [-0.05, 0) is 18.4 Å². The number of hydrogen-bond donors (Lipinski definition) is 4. The number of ether oxygens (including phenoxy) is 1. The SMILES string of the molecule is OC1CCC(O)(COCc2ccccc2)C(O)C1O. The second kappa shape index (κ2) is 5.98. The summed E-state index contributed by atoms with van der Waals surface area (Å²) in [5.41, 5.74) is -0.537. The van der Waals surface area contributed by atoms with E-state index in [1.807, 2.05) is 30.3 Å². The highest BCUT2D eigenvalue weighted by molar-refractivity contribution is 5.13. The van der Waals surface area contributed by atoms with Crippen molar-refractivity contribution in [1.29, 1.82) is 0 Å². The topological polar surface area (TPSA) is 90.2 Å². The minimum absolute atomic E-state index is 0.0765. The minimum Gasteiger partial charge on any atom is -0.390 e. The fourth-order valence-electron chi connectivity index (χ4n) is 2.32. The van der Waals surface area contributed by atoms with E-state index < -0.39 is 23.9 Å². The first-order chi connectivity index (χ1) is 9.03. The first kappa shape index (κ1) is 14.4. The number of benzene rings is 1. The maximum atomic E-state index is 10.3. The molecule has 1 aliphatic rings. The standard InChI is InChI=1S/C14H20O5/c15-11-6-7-14(18,13(17)12(11)16)9-19-8-10-4-2-1-3-5-10/h1-5,11-13,15-18H,6-9H2. The summed E-state index contributed by atoms with van der Waals surface area (Å²) < 4.78 is 5.41. The van der Waals surface area contributed by atoms with E-state index in [4.69, 9.17) is 4.74 Å². The summed E-state index contributed by atoms with van der Waals surface area (Å²) in [6.45, 7) is 0.251. The van der Waals surface area contributed by atoms with Gasteiger partial charge < -0.3 is 25.2 Å². The summed E-state index contributed by atoms with van der Waals surface area (Å²) in [4.78, 5) is 0. The maximum absolute atomic E-state index is 10.3. The van der Waals surface area contributed by atoms with Crippen molar-refractivity contribution in [3.63, 3.8) is 0 Å². The van der Waals surface area contributed by atoms with Gasteiger partial charge >= 0.3 is 0 Å². The number of aliphatic hydroxyl groups excluding tert-OH is 3. The summed E-state index contributed by atoms with van der Waals surface area (Å²) in [7, 11) is 0. The molecule has 1 aromatic rings. The molecule has 0 heterocycles. The molecule has 4 N–H and O–H groups in total. The average Bonchev–Trinajstić information content (AvgIpc) is 2.43. The highest BCUT2D eigenvalue weighted by Gasteiger charge is 2.46. The van der Waals surface area contributed by atoms with E-state index in [9.17, 15) is 20.4 Å². The summed E-state index contributed by atoms with van der Waals surface area (Å²) in [6, 6.07) is 9.49. The van der Waals surface area contributed by atoms with Gasteiger partial charge in [0.15, 0.2) is 0 Å². The largest absolute Gasteiger partial charge is 0.390 e. The van der Waals surface area contributed by atoms with Gasteiger partial charge in [0, 0.05) is 0 Å². The Kier molecular flexibility index (Phi) is 4.54. The zero-order valence-electron chi connectivity index (χ0n) is 10.6. The van der Waals surface area contributed by atoms with Crippen molar-refractivity contribution < 1.29 is 25.2 Å². The lowest BCUT2D eigenvalue weighted by atomic mass is 9.79. The zero-order valence-corrected chi connectivity index (χ0v) is 10.6. The number of hydrogen-bond acceptors (Lipinski definition) is 5. The van der Waals surface area contributed by atoms with Crippen molar-refractivity contribution >= 4 is 0 Å². The van der Waals surface area contributed by atoms with E-state index >= 15 is 0 Å². The van der Waals surface area contributed by atoms with E-state index in [0.29, 0.717) is 6.61 Å². The molecule has 1 aromatic carbocycles. The molecule has 2 rings (SSSR count). The molecule has 4 unspecified atom stereocenters. The molecule has 1 saturated carbocycles. The van der Waals surface area contributed by atoms with E-state index in [0.717, 1.165) is 5.56 Å². The second-order valence-electron chi connectivity index (χ2n) is 5.12. The summed E-state index contributed by atoms with van der Waals surface area (Å²) in [5.74, 6) is 0. The van der Waals surface area contributed by atoms with Crippen molar-refractivity contribution in [2.75, 3.05) is 6.61 Å². The third kappa shape index (κ3) is 3.32.